The van der Waals surface area contributed by atoms with E-state index in [9.17, 15) is 23.1 Å². The molecule has 1 heterocycles. The fraction of sp³-hybridized carbons (Fsp3) is 0.409. The molecule has 0 amide bonds. The Morgan fingerprint density at radius 2 is 1.86 bits per heavy atom. The van der Waals surface area contributed by atoms with Gasteiger partial charge in [-0.1, -0.05) is 12.1 Å². The molecule has 2 aromatic carbocycles. The second-order valence-corrected chi connectivity index (χ2v) is 8.29. The molecule has 0 unspecified atom stereocenters. The van der Waals surface area contributed by atoms with Gasteiger partial charge in [-0.3, -0.25) is 0 Å². The molecule has 1 aliphatic heterocycles. The highest BCUT2D eigenvalue weighted by molar-refractivity contribution is 5.88. The summed E-state index contributed by atoms with van der Waals surface area (Å²) in [4.78, 5) is 11.4. The molecule has 0 radical (unpaired) electrons. The van der Waals surface area contributed by atoms with Gasteiger partial charge in [0.1, 0.15) is 0 Å². The van der Waals surface area contributed by atoms with Gasteiger partial charge < -0.3 is 10.4 Å². The summed E-state index contributed by atoms with van der Waals surface area (Å²) in [6.45, 7) is 0. The Labute approximate surface area is 160 Å². The van der Waals surface area contributed by atoms with E-state index in [2.05, 4.69) is 5.32 Å². The van der Waals surface area contributed by atoms with Crippen LogP contribution in [0.15, 0.2) is 42.5 Å². The number of halogens is 3. The molecule has 0 aromatic heterocycles. The molecule has 5 rings (SSSR count). The summed E-state index contributed by atoms with van der Waals surface area (Å²) < 4.78 is 39.7. The summed E-state index contributed by atoms with van der Waals surface area (Å²) in [5.41, 5.74) is 2.16. The van der Waals surface area contributed by atoms with E-state index in [4.69, 9.17) is 0 Å². The minimum absolute atomic E-state index is 0.189. The number of hydrogen-bond donors (Lipinski definition) is 2. The van der Waals surface area contributed by atoms with Crippen LogP contribution in [-0.4, -0.2) is 11.1 Å². The third kappa shape index (κ3) is 2.61. The van der Waals surface area contributed by atoms with E-state index in [1.165, 1.54) is 12.1 Å². The number of alkyl halides is 3. The van der Waals surface area contributed by atoms with Crippen molar-refractivity contribution in [2.75, 3.05) is 5.32 Å². The average Bonchev–Trinajstić information content (AvgIpc) is 3.29. The molecule has 0 saturated heterocycles. The van der Waals surface area contributed by atoms with Crippen LogP contribution in [0.2, 0.25) is 0 Å². The SMILES string of the molecule is O=C(O)c1ccc2c(c1)[C@@H]1[C@H]3CC[C@@H](C3)[C@H]1[C@H](c1cccc(C(F)(F)F)c1)N2. The molecule has 3 nitrogen and oxygen atoms in total. The van der Waals surface area contributed by atoms with E-state index in [-0.39, 0.29) is 23.4 Å². The lowest BCUT2D eigenvalue weighted by Crippen LogP contribution is -2.35. The first-order chi connectivity index (χ1) is 13.3. The Morgan fingerprint density at radius 3 is 2.61 bits per heavy atom. The van der Waals surface area contributed by atoms with Crippen molar-refractivity contribution in [2.45, 2.75) is 37.4 Å². The second-order valence-electron chi connectivity index (χ2n) is 8.29. The highest BCUT2D eigenvalue weighted by Gasteiger charge is 2.54. The summed E-state index contributed by atoms with van der Waals surface area (Å²) in [6, 6.07) is 10.5. The predicted octanol–water partition coefficient (Wildman–Crippen LogP) is 5.70. The number of carbonyl (C=O) groups is 1. The summed E-state index contributed by atoms with van der Waals surface area (Å²) >= 11 is 0. The first kappa shape index (κ1) is 17.6. The van der Waals surface area contributed by atoms with Crippen LogP contribution in [0.3, 0.4) is 0 Å². The molecule has 6 heteroatoms. The van der Waals surface area contributed by atoms with Gasteiger partial charge in [-0.05, 0) is 84.4 Å². The van der Waals surface area contributed by atoms with Crippen molar-refractivity contribution in [2.24, 2.45) is 17.8 Å². The highest BCUT2D eigenvalue weighted by Crippen LogP contribution is 2.63. The van der Waals surface area contributed by atoms with Crippen LogP contribution in [0.25, 0.3) is 0 Å². The molecule has 5 atom stereocenters. The maximum Gasteiger partial charge on any atom is 0.416 e. The van der Waals surface area contributed by atoms with Crippen molar-refractivity contribution in [3.05, 3.63) is 64.7 Å². The molecule has 2 bridgehead atoms. The Bertz CT molecular complexity index is 955. The van der Waals surface area contributed by atoms with Gasteiger partial charge in [0, 0.05) is 5.69 Å². The Morgan fingerprint density at radius 1 is 1.07 bits per heavy atom. The van der Waals surface area contributed by atoms with Crippen LogP contribution in [-0.2, 0) is 6.18 Å². The summed E-state index contributed by atoms with van der Waals surface area (Å²) in [5, 5.41) is 12.8. The molecule has 28 heavy (non-hydrogen) atoms. The smallest absolute Gasteiger partial charge is 0.416 e. The Hall–Kier alpha value is -2.50. The number of rotatable bonds is 2. The monoisotopic (exact) mass is 387 g/mol. The summed E-state index contributed by atoms with van der Waals surface area (Å²) in [6.07, 6.45) is -1.09. The van der Waals surface area contributed by atoms with Gasteiger partial charge in [-0.2, -0.15) is 13.2 Å². The molecule has 2 saturated carbocycles. The number of aromatic carboxylic acids is 1. The highest BCUT2D eigenvalue weighted by atomic mass is 19.4. The van der Waals surface area contributed by atoms with Crippen molar-refractivity contribution in [1.82, 2.24) is 0 Å². The Balaban J connectivity index is 1.61. The Kier molecular flexibility index (Phi) is 3.77. The van der Waals surface area contributed by atoms with Gasteiger partial charge in [-0.25, -0.2) is 4.79 Å². The molecule has 2 aliphatic carbocycles. The van der Waals surface area contributed by atoms with Crippen molar-refractivity contribution < 1.29 is 23.1 Å². The van der Waals surface area contributed by atoms with Gasteiger partial charge in [0.2, 0.25) is 0 Å². The van der Waals surface area contributed by atoms with E-state index in [0.29, 0.717) is 17.4 Å². The molecule has 2 fully saturated rings. The molecule has 2 aromatic rings. The van der Waals surface area contributed by atoms with Gasteiger partial charge in [0.15, 0.2) is 0 Å². The first-order valence-electron chi connectivity index (χ1n) is 9.64. The average molecular weight is 387 g/mol. The van der Waals surface area contributed by atoms with Crippen molar-refractivity contribution in [3.63, 3.8) is 0 Å². The van der Waals surface area contributed by atoms with E-state index in [1.54, 1.807) is 24.3 Å². The molecular weight excluding hydrogens is 367 g/mol. The number of hydrogen-bond acceptors (Lipinski definition) is 2. The number of fused-ring (bicyclic) bond motifs is 7. The third-order valence-electron chi connectivity index (χ3n) is 6.91. The van der Waals surface area contributed by atoms with Crippen LogP contribution in [0.5, 0.6) is 0 Å². The maximum atomic E-state index is 13.2. The fourth-order valence-corrected chi connectivity index (χ4v) is 5.86. The predicted molar refractivity (Wildman–Crippen MR) is 98.3 cm³/mol. The third-order valence-corrected chi connectivity index (χ3v) is 6.91. The van der Waals surface area contributed by atoms with Crippen LogP contribution < -0.4 is 5.32 Å². The van der Waals surface area contributed by atoms with Crippen molar-refractivity contribution in [1.29, 1.82) is 0 Å². The zero-order valence-corrected chi connectivity index (χ0v) is 15.0. The standard InChI is InChI=1S/C22H20F3NO2/c23-22(24,25)15-3-1-2-13(9-15)20-19-12-5-4-11(8-12)18(19)16-10-14(21(27)28)6-7-17(16)26-20/h1-3,6-7,9-12,18-20,26H,4-5,8H2,(H,27,28)/t11-,12-,18-,19+,20-/m0/s1. The normalized spacial score (nSPS) is 30.5. The lowest BCUT2D eigenvalue weighted by molar-refractivity contribution is -0.137. The maximum absolute atomic E-state index is 13.2. The molecule has 146 valence electrons. The number of nitrogens with one attached hydrogen (secondary N) is 1. The van der Waals surface area contributed by atoms with E-state index in [0.717, 1.165) is 36.6 Å². The van der Waals surface area contributed by atoms with Gasteiger partial charge >= 0.3 is 12.1 Å². The van der Waals surface area contributed by atoms with E-state index < -0.39 is 17.7 Å². The number of carboxylic acids is 1. The van der Waals surface area contributed by atoms with Gasteiger partial charge in [0.05, 0.1) is 17.2 Å². The summed E-state index contributed by atoms with van der Waals surface area (Å²) in [5.74, 6) is 0.381. The number of carboxylic acid groups (broad SMARTS) is 1. The van der Waals surface area contributed by atoms with Gasteiger partial charge in [0.25, 0.3) is 0 Å². The molecular formula is C22H20F3NO2. The van der Waals surface area contributed by atoms with Crippen molar-refractivity contribution >= 4 is 11.7 Å². The number of anilines is 1. The second kappa shape index (κ2) is 6.00. The minimum Gasteiger partial charge on any atom is -0.478 e. The van der Waals surface area contributed by atoms with Gasteiger partial charge in [-0.15, -0.1) is 0 Å². The van der Waals surface area contributed by atoms with Crippen LogP contribution in [0.1, 0.15) is 58.3 Å². The van der Waals surface area contributed by atoms with Crippen LogP contribution in [0, 0.1) is 17.8 Å². The summed E-state index contributed by atoms with van der Waals surface area (Å²) in [7, 11) is 0. The van der Waals surface area contributed by atoms with Crippen LogP contribution >= 0.6 is 0 Å². The van der Waals surface area contributed by atoms with E-state index >= 15 is 0 Å². The minimum atomic E-state index is -4.37. The van der Waals surface area contributed by atoms with Crippen LogP contribution in [0.4, 0.5) is 18.9 Å². The largest absolute Gasteiger partial charge is 0.478 e. The van der Waals surface area contributed by atoms with Crippen molar-refractivity contribution in [3.8, 4) is 0 Å². The topological polar surface area (TPSA) is 49.3 Å². The fourth-order valence-electron chi connectivity index (χ4n) is 5.86. The first-order valence-corrected chi connectivity index (χ1v) is 9.64. The number of benzene rings is 2. The zero-order chi connectivity index (χ0) is 19.6. The molecule has 0 spiro atoms. The quantitative estimate of drug-likeness (QED) is 0.695. The lowest BCUT2D eigenvalue weighted by atomic mass is 9.68. The molecule has 3 aliphatic rings. The zero-order valence-electron chi connectivity index (χ0n) is 15.0. The van der Waals surface area contributed by atoms with E-state index in [1.807, 2.05) is 0 Å². The molecule has 2 N–H and O–H groups in total. The lowest BCUT2D eigenvalue weighted by Gasteiger charge is -2.43.